The number of hydrogen-bond donors (Lipinski definition) is 1. The third kappa shape index (κ3) is 5.44. The van der Waals surface area contributed by atoms with E-state index in [1.54, 1.807) is 0 Å². The summed E-state index contributed by atoms with van der Waals surface area (Å²) < 4.78 is 0. The zero-order valence-electron chi connectivity index (χ0n) is 19.3. The quantitative estimate of drug-likeness (QED) is 0.354. The van der Waals surface area contributed by atoms with Crippen molar-refractivity contribution in [3.63, 3.8) is 0 Å². The lowest BCUT2D eigenvalue weighted by molar-refractivity contribution is 0.0952. The Labute approximate surface area is 195 Å². The van der Waals surface area contributed by atoms with Gasteiger partial charge in [0.15, 0.2) is 0 Å². The highest BCUT2D eigenvalue weighted by atomic mass is 16.1. The monoisotopic (exact) mass is 438 g/mol. The number of rotatable bonds is 9. The molecule has 0 saturated heterocycles. The molecule has 33 heavy (non-hydrogen) atoms. The summed E-state index contributed by atoms with van der Waals surface area (Å²) in [5.74, 6) is -0.0772. The van der Waals surface area contributed by atoms with Gasteiger partial charge < -0.3 is 10.2 Å². The second-order valence-corrected chi connectivity index (χ2v) is 7.99. The SMILES string of the molecule is CCN(CC)CCCNC(=O)c1ccc2nc(-c3ccccc3)c(-c3ccccc3)nc2c1. The normalized spacial score (nSPS) is 11.1. The van der Waals surface area contributed by atoms with Crippen LogP contribution in [0.4, 0.5) is 0 Å². The Morgan fingerprint density at radius 1 is 0.788 bits per heavy atom. The first-order chi connectivity index (χ1) is 16.2. The Bertz CT molecular complexity index is 1200. The van der Waals surface area contributed by atoms with E-state index in [-0.39, 0.29) is 5.91 Å². The van der Waals surface area contributed by atoms with Crippen molar-refractivity contribution in [2.24, 2.45) is 0 Å². The Balaban J connectivity index is 1.62. The van der Waals surface area contributed by atoms with Crippen molar-refractivity contribution < 1.29 is 4.79 Å². The molecule has 5 nitrogen and oxygen atoms in total. The maximum absolute atomic E-state index is 12.7. The van der Waals surface area contributed by atoms with E-state index in [4.69, 9.17) is 9.97 Å². The van der Waals surface area contributed by atoms with Crippen LogP contribution in [0.15, 0.2) is 78.9 Å². The molecule has 168 valence electrons. The Kier molecular flexibility index (Phi) is 7.43. The van der Waals surface area contributed by atoms with E-state index in [1.165, 1.54) is 0 Å². The molecule has 1 aromatic heterocycles. The van der Waals surface area contributed by atoms with Crippen LogP contribution >= 0.6 is 0 Å². The summed E-state index contributed by atoms with van der Waals surface area (Å²) in [5.41, 5.74) is 5.74. The molecule has 1 N–H and O–H groups in total. The fourth-order valence-corrected chi connectivity index (χ4v) is 3.94. The van der Waals surface area contributed by atoms with Crippen molar-refractivity contribution in [1.82, 2.24) is 20.2 Å². The van der Waals surface area contributed by atoms with Crippen molar-refractivity contribution in [3.05, 3.63) is 84.4 Å². The Morgan fingerprint density at radius 2 is 1.36 bits per heavy atom. The topological polar surface area (TPSA) is 58.1 Å². The van der Waals surface area contributed by atoms with Crippen LogP contribution in [0.5, 0.6) is 0 Å². The Hall–Kier alpha value is -3.57. The average Bonchev–Trinajstić information content (AvgIpc) is 2.88. The van der Waals surface area contributed by atoms with Gasteiger partial charge in [-0.2, -0.15) is 0 Å². The molecule has 0 aliphatic heterocycles. The molecule has 0 atom stereocenters. The van der Waals surface area contributed by atoms with Gasteiger partial charge in [-0.3, -0.25) is 4.79 Å². The number of benzene rings is 3. The molecule has 1 heterocycles. The molecule has 0 saturated carbocycles. The first-order valence-corrected chi connectivity index (χ1v) is 11.6. The third-order valence-corrected chi connectivity index (χ3v) is 5.85. The van der Waals surface area contributed by atoms with Gasteiger partial charge in [0.1, 0.15) is 0 Å². The molecular weight excluding hydrogens is 408 g/mol. The van der Waals surface area contributed by atoms with Gasteiger partial charge in [0.25, 0.3) is 5.91 Å². The minimum absolute atomic E-state index is 0.0772. The molecule has 0 unspecified atom stereocenters. The van der Waals surface area contributed by atoms with Crippen LogP contribution in [0.1, 0.15) is 30.6 Å². The zero-order chi connectivity index (χ0) is 23.0. The van der Waals surface area contributed by atoms with E-state index in [2.05, 4.69) is 24.1 Å². The van der Waals surface area contributed by atoms with Gasteiger partial charge >= 0.3 is 0 Å². The minimum Gasteiger partial charge on any atom is -0.352 e. The molecule has 0 aliphatic rings. The number of nitrogens with zero attached hydrogens (tertiary/aromatic N) is 3. The number of carbonyl (C=O) groups excluding carboxylic acids is 1. The van der Waals surface area contributed by atoms with Crippen molar-refractivity contribution in [2.75, 3.05) is 26.2 Å². The molecular formula is C28H30N4O. The maximum Gasteiger partial charge on any atom is 0.251 e. The standard InChI is InChI=1S/C28H30N4O/c1-3-32(4-2)19-11-18-29-28(33)23-16-17-24-25(20-23)31-27(22-14-9-6-10-15-22)26(30-24)21-12-7-5-8-13-21/h5-10,12-17,20H,3-4,11,18-19H2,1-2H3,(H,29,33). The molecule has 0 aliphatic carbocycles. The summed E-state index contributed by atoms with van der Waals surface area (Å²) in [6.07, 6.45) is 0.930. The van der Waals surface area contributed by atoms with Crippen molar-refractivity contribution in [3.8, 4) is 22.5 Å². The average molecular weight is 439 g/mol. The summed E-state index contributed by atoms with van der Waals surface area (Å²) in [7, 11) is 0. The molecule has 1 amide bonds. The van der Waals surface area contributed by atoms with E-state index in [9.17, 15) is 4.79 Å². The van der Waals surface area contributed by atoms with Crippen molar-refractivity contribution in [2.45, 2.75) is 20.3 Å². The van der Waals surface area contributed by atoms with Crippen molar-refractivity contribution in [1.29, 1.82) is 0 Å². The number of hydrogen-bond acceptors (Lipinski definition) is 4. The number of fused-ring (bicyclic) bond motifs is 1. The highest BCUT2D eigenvalue weighted by molar-refractivity contribution is 5.98. The summed E-state index contributed by atoms with van der Waals surface area (Å²) >= 11 is 0. The third-order valence-electron chi connectivity index (χ3n) is 5.85. The van der Waals surface area contributed by atoms with E-state index >= 15 is 0 Å². The summed E-state index contributed by atoms with van der Waals surface area (Å²) in [4.78, 5) is 25.0. The van der Waals surface area contributed by atoms with Gasteiger partial charge in [-0.25, -0.2) is 9.97 Å². The van der Waals surface area contributed by atoms with Crippen LogP contribution in [0.3, 0.4) is 0 Å². The highest BCUT2D eigenvalue weighted by Gasteiger charge is 2.14. The summed E-state index contributed by atoms with van der Waals surface area (Å²) in [6, 6.07) is 25.7. The number of amides is 1. The fraction of sp³-hybridized carbons (Fsp3) is 0.250. The van der Waals surface area contributed by atoms with Crippen LogP contribution in [-0.2, 0) is 0 Å². The highest BCUT2D eigenvalue weighted by Crippen LogP contribution is 2.31. The van der Waals surface area contributed by atoms with E-state index in [0.717, 1.165) is 54.1 Å². The number of nitrogens with one attached hydrogen (secondary N) is 1. The molecule has 4 rings (SSSR count). The molecule has 4 aromatic rings. The van der Waals surface area contributed by atoms with Gasteiger partial charge in [-0.1, -0.05) is 74.5 Å². The fourth-order valence-electron chi connectivity index (χ4n) is 3.94. The summed E-state index contributed by atoms with van der Waals surface area (Å²) in [6.45, 7) is 8.02. The van der Waals surface area contributed by atoms with Gasteiger partial charge in [0.05, 0.1) is 22.4 Å². The lowest BCUT2D eigenvalue weighted by Gasteiger charge is -2.17. The molecule has 0 bridgehead atoms. The number of aromatic nitrogens is 2. The second kappa shape index (κ2) is 10.8. The lowest BCUT2D eigenvalue weighted by Crippen LogP contribution is -2.29. The smallest absolute Gasteiger partial charge is 0.251 e. The Morgan fingerprint density at radius 3 is 1.94 bits per heavy atom. The molecule has 0 spiro atoms. The molecule has 5 heteroatoms. The van der Waals surface area contributed by atoms with Crippen molar-refractivity contribution >= 4 is 16.9 Å². The van der Waals surface area contributed by atoms with E-state index in [1.807, 2.05) is 78.9 Å². The first-order valence-electron chi connectivity index (χ1n) is 11.6. The molecule has 0 radical (unpaired) electrons. The first kappa shape index (κ1) is 22.6. The van der Waals surface area contributed by atoms with Crippen LogP contribution in [0, 0.1) is 0 Å². The van der Waals surface area contributed by atoms with Crippen LogP contribution < -0.4 is 5.32 Å². The van der Waals surface area contributed by atoms with Gasteiger partial charge in [0.2, 0.25) is 0 Å². The maximum atomic E-state index is 12.7. The van der Waals surface area contributed by atoms with Crippen LogP contribution in [0.2, 0.25) is 0 Å². The van der Waals surface area contributed by atoms with Crippen LogP contribution in [-0.4, -0.2) is 47.0 Å². The lowest BCUT2D eigenvalue weighted by atomic mass is 10.0. The largest absolute Gasteiger partial charge is 0.352 e. The zero-order valence-corrected chi connectivity index (χ0v) is 19.3. The van der Waals surface area contributed by atoms with Gasteiger partial charge in [-0.15, -0.1) is 0 Å². The van der Waals surface area contributed by atoms with Crippen LogP contribution in [0.25, 0.3) is 33.5 Å². The summed E-state index contributed by atoms with van der Waals surface area (Å²) in [5, 5.41) is 3.04. The molecule has 0 fully saturated rings. The number of carbonyl (C=O) groups is 1. The van der Waals surface area contributed by atoms with Gasteiger partial charge in [-0.05, 0) is 44.3 Å². The van der Waals surface area contributed by atoms with E-state index < -0.39 is 0 Å². The predicted octanol–water partition coefficient (Wildman–Crippen LogP) is 5.43. The minimum atomic E-state index is -0.0772. The molecule has 3 aromatic carbocycles. The van der Waals surface area contributed by atoms with Gasteiger partial charge in [0, 0.05) is 23.2 Å². The predicted molar refractivity (Wildman–Crippen MR) is 135 cm³/mol. The second-order valence-electron chi connectivity index (χ2n) is 7.99. The van der Waals surface area contributed by atoms with E-state index in [0.29, 0.717) is 17.6 Å².